The molecule has 0 aromatic carbocycles. The van der Waals surface area contributed by atoms with Gasteiger partial charge in [0.1, 0.15) is 24.8 Å². The molecule has 274 valence electrons. The average Bonchev–Trinajstić information content (AvgIpc) is 3.65. The monoisotopic (exact) mass is 679 g/mol. The lowest BCUT2D eigenvalue weighted by molar-refractivity contribution is -0.192. The van der Waals surface area contributed by atoms with Gasteiger partial charge in [0.05, 0.1) is 18.8 Å². The Labute approximate surface area is 286 Å². The topological polar surface area (TPSA) is 162 Å². The highest BCUT2D eigenvalue weighted by Gasteiger charge is 2.52. The van der Waals surface area contributed by atoms with E-state index in [9.17, 15) is 24.6 Å². The summed E-state index contributed by atoms with van der Waals surface area (Å²) in [7, 11) is 5.86. The van der Waals surface area contributed by atoms with Gasteiger partial charge in [-0.3, -0.25) is 24.1 Å². The molecule has 14 atom stereocenters. The van der Waals surface area contributed by atoms with Gasteiger partial charge >= 0.3 is 0 Å². The number of hydrogen-bond acceptors (Lipinski definition) is 10. The molecule has 3 amide bonds. The molecule has 5 aliphatic rings. The van der Waals surface area contributed by atoms with E-state index >= 15 is 0 Å². The normalized spacial score (nSPS) is 41.6. The Balaban J connectivity index is 1.32. The molecule has 0 bridgehead atoms. The number of carbonyl (C=O) groups is 3. The summed E-state index contributed by atoms with van der Waals surface area (Å²) in [5.74, 6) is -0.0437. The first kappa shape index (κ1) is 37.4. The molecule has 48 heavy (non-hydrogen) atoms. The lowest BCUT2D eigenvalue weighted by Gasteiger charge is -2.47. The van der Waals surface area contributed by atoms with E-state index < -0.39 is 30.2 Å². The van der Waals surface area contributed by atoms with Crippen LogP contribution in [0, 0.1) is 41.4 Å². The van der Waals surface area contributed by atoms with E-state index in [1.165, 1.54) is 0 Å². The minimum absolute atomic E-state index is 0.0520. The van der Waals surface area contributed by atoms with E-state index in [4.69, 9.17) is 14.4 Å². The van der Waals surface area contributed by atoms with Crippen molar-refractivity contribution in [3.8, 4) is 0 Å². The SMILES string of the molecule is COC1C(CN2O[C@@H](CO)[C@H]([C@H](C)O)[C@H]2C(=O)N[C@H]2CCC[C@H](C)[C@@H]2C)CCCC1C1CC(C(=O)N[C@@H]2CONC2=O)CC(N(C)C)C1. The number of aliphatic hydroxyl groups excluding tert-OH is 2. The maximum Gasteiger partial charge on any atom is 0.268 e. The van der Waals surface area contributed by atoms with Crippen LogP contribution in [0.3, 0.4) is 0 Å². The zero-order valence-corrected chi connectivity index (χ0v) is 29.8. The third kappa shape index (κ3) is 8.19. The second-order valence-corrected chi connectivity index (χ2v) is 15.7. The van der Waals surface area contributed by atoms with Gasteiger partial charge in [-0.25, -0.2) is 5.48 Å². The smallest absolute Gasteiger partial charge is 0.268 e. The summed E-state index contributed by atoms with van der Waals surface area (Å²) in [6.45, 7) is 6.38. The maximum absolute atomic E-state index is 14.1. The molecule has 5 fully saturated rings. The molecular formula is C35H61N5O8. The number of nitrogens with one attached hydrogen (secondary N) is 3. The summed E-state index contributed by atoms with van der Waals surface area (Å²) in [5, 5.41) is 29.1. The van der Waals surface area contributed by atoms with Crippen molar-refractivity contribution in [2.45, 2.75) is 121 Å². The van der Waals surface area contributed by atoms with Crippen LogP contribution in [0.25, 0.3) is 0 Å². The van der Waals surface area contributed by atoms with Crippen LogP contribution in [0.5, 0.6) is 0 Å². The molecular weight excluding hydrogens is 618 g/mol. The Morgan fingerprint density at radius 2 is 1.83 bits per heavy atom. The highest BCUT2D eigenvalue weighted by atomic mass is 16.7. The van der Waals surface area contributed by atoms with Crippen LogP contribution < -0.4 is 16.1 Å². The van der Waals surface area contributed by atoms with Gasteiger partial charge in [-0.05, 0) is 83.2 Å². The molecule has 13 nitrogen and oxygen atoms in total. The van der Waals surface area contributed by atoms with Crippen LogP contribution >= 0.6 is 0 Å². The Morgan fingerprint density at radius 1 is 1.08 bits per heavy atom. The molecule has 0 spiro atoms. The zero-order valence-electron chi connectivity index (χ0n) is 29.8. The number of rotatable bonds is 11. The van der Waals surface area contributed by atoms with Gasteiger partial charge in [0.2, 0.25) is 11.8 Å². The van der Waals surface area contributed by atoms with Crippen LogP contribution in [0.4, 0.5) is 0 Å². The average molecular weight is 680 g/mol. The van der Waals surface area contributed by atoms with Gasteiger partial charge in [-0.1, -0.05) is 33.1 Å². The van der Waals surface area contributed by atoms with E-state index in [0.29, 0.717) is 24.8 Å². The molecule has 3 aliphatic carbocycles. The fourth-order valence-electron chi connectivity index (χ4n) is 9.60. The third-order valence-corrected chi connectivity index (χ3v) is 12.6. The van der Waals surface area contributed by atoms with E-state index in [1.807, 2.05) is 0 Å². The number of methoxy groups -OCH3 is 1. The van der Waals surface area contributed by atoms with Crippen LogP contribution in [0.1, 0.15) is 78.6 Å². The maximum atomic E-state index is 14.1. The number of amides is 3. The van der Waals surface area contributed by atoms with Crippen molar-refractivity contribution < 1.29 is 39.0 Å². The number of nitrogens with zero attached hydrogens (tertiary/aromatic N) is 2. The third-order valence-electron chi connectivity index (χ3n) is 12.6. The molecule has 5 N–H and O–H groups in total. The molecule has 3 saturated carbocycles. The first-order valence-electron chi connectivity index (χ1n) is 18.4. The fourth-order valence-corrected chi connectivity index (χ4v) is 9.60. The summed E-state index contributed by atoms with van der Waals surface area (Å²) in [5.41, 5.74) is 2.32. The van der Waals surface area contributed by atoms with E-state index in [1.54, 1.807) is 19.1 Å². The van der Waals surface area contributed by atoms with Crippen molar-refractivity contribution >= 4 is 17.7 Å². The fraction of sp³-hybridized carbons (Fsp3) is 0.914. The van der Waals surface area contributed by atoms with Crippen LogP contribution in [0.15, 0.2) is 0 Å². The molecule has 2 saturated heterocycles. The number of carbonyl (C=O) groups excluding carboxylic acids is 3. The summed E-state index contributed by atoms with van der Waals surface area (Å²) >= 11 is 0. The number of hydrogen-bond donors (Lipinski definition) is 5. The first-order chi connectivity index (χ1) is 22.9. The van der Waals surface area contributed by atoms with Crippen molar-refractivity contribution in [1.82, 2.24) is 26.1 Å². The van der Waals surface area contributed by atoms with Crippen LogP contribution in [0.2, 0.25) is 0 Å². The van der Waals surface area contributed by atoms with Crippen molar-refractivity contribution in [3.05, 3.63) is 0 Å². The van der Waals surface area contributed by atoms with E-state index in [-0.39, 0.29) is 72.8 Å². The van der Waals surface area contributed by atoms with Gasteiger partial charge < -0.3 is 30.5 Å². The van der Waals surface area contributed by atoms with Crippen molar-refractivity contribution in [1.29, 1.82) is 0 Å². The Hall–Kier alpha value is -1.87. The van der Waals surface area contributed by atoms with E-state index in [0.717, 1.165) is 51.4 Å². The second kappa shape index (κ2) is 16.4. The molecule has 13 heteroatoms. The van der Waals surface area contributed by atoms with Gasteiger partial charge in [0.25, 0.3) is 5.91 Å². The van der Waals surface area contributed by atoms with Crippen molar-refractivity contribution in [2.75, 3.05) is 41.0 Å². The molecule has 0 aromatic rings. The first-order valence-corrected chi connectivity index (χ1v) is 18.4. The summed E-state index contributed by atoms with van der Waals surface area (Å²) in [6, 6.07) is -1.14. The standard InChI is InChI=1S/C35H61N5O8/c1-19-9-7-12-27(20(19)2)36-35(45)31-30(21(3)42)29(17-41)48-40(31)16-22-10-8-11-26(32(22)46-6)23-13-24(15-25(14-23)39(4)5)33(43)37-28-18-47-38-34(28)44/h19-32,41-42H,7-18H2,1-6H3,(H,36,45)(H,37,43)(H,38,44)/t19-,20-,21-,22?,23?,24?,25?,26?,27-,28+,29-,30-,31-,32?/m0/s1. The Bertz CT molecular complexity index is 1110. The summed E-state index contributed by atoms with van der Waals surface area (Å²) in [6.07, 6.45) is 6.74. The quantitative estimate of drug-likeness (QED) is 0.215. The predicted octanol–water partition coefficient (Wildman–Crippen LogP) is 1.23. The molecule has 0 radical (unpaired) electrons. The summed E-state index contributed by atoms with van der Waals surface area (Å²) in [4.78, 5) is 53.1. The lowest BCUT2D eigenvalue weighted by atomic mass is 9.65. The lowest BCUT2D eigenvalue weighted by Crippen LogP contribution is -2.55. The van der Waals surface area contributed by atoms with Crippen molar-refractivity contribution in [2.24, 2.45) is 41.4 Å². The molecule has 2 heterocycles. The van der Waals surface area contributed by atoms with E-state index in [2.05, 4.69) is 49.0 Å². The minimum Gasteiger partial charge on any atom is -0.394 e. The Kier molecular flexibility index (Phi) is 12.8. The van der Waals surface area contributed by atoms with Crippen LogP contribution in [-0.4, -0.2) is 121 Å². The van der Waals surface area contributed by atoms with Gasteiger partial charge in [-0.15, -0.1) is 0 Å². The number of ether oxygens (including phenoxy) is 1. The highest BCUT2D eigenvalue weighted by molar-refractivity contribution is 5.89. The predicted molar refractivity (Wildman–Crippen MR) is 178 cm³/mol. The molecule has 0 aromatic heterocycles. The van der Waals surface area contributed by atoms with Gasteiger partial charge in [0, 0.05) is 43.5 Å². The molecule has 6 unspecified atom stereocenters. The van der Waals surface area contributed by atoms with Crippen molar-refractivity contribution in [3.63, 3.8) is 0 Å². The van der Waals surface area contributed by atoms with Gasteiger partial charge in [-0.2, -0.15) is 5.06 Å². The summed E-state index contributed by atoms with van der Waals surface area (Å²) < 4.78 is 6.30. The number of aliphatic hydroxyl groups is 2. The highest BCUT2D eigenvalue weighted by Crippen LogP contribution is 2.45. The second-order valence-electron chi connectivity index (χ2n) is 15.7. The number of hydroxylamine groups is 3. The Morgan fingerprint density at radius 3 is 2.48 bits per heavy atom. The van der Waals surface area contributed by atoms with Gasteiger partial charge in [0.15, 0.2) is 0 Å². The molecule has 2 aliphatic heterocycles. The largest absolute Gasteiger partial charge is 0.394 e. The molecule has 5 rings (SSSR count). The van der Waals surface area contributed by atoms with Crippen LogP contribution in [-0.2, 0) is 28.8 Å². The minimum atomic E-state index is -0.849. The zero-order chi connectivity index (χ0) is 34.7.